The normalized spacial score (nSPS) is 16.5. The molecule has 0 atom stereocenters. The van der Waals surface area contributed by atoms with Crippen LogP contribution >= 0.6 is 11.8 Å². The summed E-state index contributed by atoms with van der Waals surface area (Å²) in [5.74, 6) is 1.81. The standard InChI is InChI=1S/C18H17N3OS/c1-22-15-6-3-2-5-13(15)12-7-8-14-16(11-12)23-18(19)21-10-4-9-20-17(14)21/h2-3,5-8,11,19H,4,9-10H2,1H3. The van der Waals surface area contributed by atoms with Crippen LogP contribution in [0.25, 0.3) is 11.1 Å². The quantitative estimate of drug-likeness (QED) is 0.913. The number of nitrogens with one attached hydrogen (secondary N) is 1. The van der Waals surface area contributed by atoms with Crippen LogP contribution < -0.4 is 4.74 Å². The predicted molar refractivity (Wildman–Crippen MR) is 94.7 cm³/mol. The van der Waals surface area contributed by atoms with Crippen LogP contribution in [-0.4, -0.2) is 36.1 Å². The van der Waals surface area contributed by atoms with Crippen molar-refractivity contribution in [1.29, 1.82) is 5.41 Å². The molecule has 4 rings (SSSR count). The Labute approximate surface area is 139 Å². The Bertz CT molecular complexity index is 816. The summed E-state index contributed by atoms with van der Waals surface area (Å²) in [7, 11) is 1.69. The van der Waals surface area contributed by atoms with Gasteiger partial charge in [-0.2, -0.15) is 0 Å². The molecule has 2 aliphatic heterocycles. The zero-order chi connectivity index (χ0) is 15.8. The third-order valence-electron chi connectivity index (χ3n) is 4.15. The summed E-state index contributed by atoms with van der Waals surface area (Å²) >= 11 is 1.51. The number of nitrogens with zero attached hydrogens (tertiary/aromatic N) is 2. The van der Waals surface area contributed by atoms with Gasteiger partial charge in [-0.15, -0.1) is 0 Å². The Hall–Kier alpha value is -2.27. The van der Waals surface area contributed by atoms with Crippen molar-refractivity contribution in [2.24, 2.45) is 4.99 Å². The Balaban J connectivity index is 1.82. The molecule has 116 valence electrons. The summed E-state index contributed by atoms with van der Waals surface area (Å²) in [4.78, 5) is 7.75. The highest BCUT2D eigenvalue weighted by atomic mass is 32.2. The van der Waals surface area contributed by atoms with Crippen LogP contribution in [-0.2, 0) is 0 Å². The third-order valence-corrected chi connectivity index (χ3v) is 5.12. The Morgan fingerprint density at radius 1 is 1.17 bits per heavy atom. The van der Waals surface area contributed by atoms with Gasteiger partial charge in [-0.1, -0.05) is 36.0 Å². The second kappa shape index (κ2) is 5.74. The fourth-order valence-corrected chi connectivity index (χ4v) is 3.99. The zero-order valence-corrected chi connectivity index (χ0v) is 13.7. The SMILES string of the molecule is COc1ccccc1-c1ccc2c(c1)SC(=N)N1CCCN=C21. The molecule has 2 heterocycles. The molecule has 2 aromatic carbocycles. The molecule has 1 N–H and O–H groups in total. The first-order chi connectivity index (χ1) is 11.3. The van der Waals surface area contributed by atoms with Crippen LogP contribution in [0.3, 0.4) is 0 Å². The first kappa shape index (κ1) is 14.3. The number of hydrogen-bond acceptors (Lipinski definition) is 4. The number of para-hydroxylation sites is 1. The van der Waals surface area contributed by atoms with Crippen LogP contribution in [0, 0.1) is 5.41 Å². The maximum absolute atomic E-state index is 8.28. The molecule has 0 aliphatic carbocycles. The smallest absolute Gasteiger partial charge is 0.166 e. The van der Waals surface area contributed by atoms with Gasteiger partial charge in [0.25, 0.3) is 0 Å². The van der Waals surface area contributed by atoms with Gasteiger partial charge in [-0.25, -0.2) is 0 Å². The van der Waals surface area contributed by atoms with Crippen molar-refractivity contribution in [1.82, 2.24) is 4.90 Å². The van der Waals surface area contributed by atoms with Gasteiger partial charge in [0.1, 0.15) is 11.6 Å². The Kier molecular flexibility index (Phi) is 3.58. The highest BCUT2D eigenvalue weighted by molar-refractivity contribution is 8.14. The highest BCUT2D eigenvalue weighted by Crippen LogP contribution is 2.38. The summed E-state index contributed by atoms with van der Waals surface area (Å²) < 4.78 is 5.47. The van der Waals surface area contributed by atoms with Gasteiger partial charge < -0.3 is 9.64 Å². The second-order valence-corrected chi connectivity index (χ2v) is 6.56. The van der Waals surface area contributed by atoms with E-state index in [0.29, 0.717) is 5.17 Å². The highest BCUT2D eigenvalue weighted by Gasteiger charge is 2.29. The maximum Gasteiger partial charge on any atom is 0.166 e. The topological polar surface area (TPSA) is 48.7 Å². The first-order valence-corrected chi connectivity index (χ1v) is 8.46. The second-order valence-electron chi connectivity index (χ2n) is 5.53. The molecule has 4 nitrogen and oxygen atoms in total. The molecule has 0 unspecified atom stereocenters. The lowest BCUT2D eigenvalue weighted by Crippen LogP contribution is -2.42. The van der Waals surface area contributed by atoms with Gasteiger partial charge in [0.15, 0.2) is 5.17 Å². The molecular weight excluding hydrogens is 306 g/mol. The van der Waals surface area contributed by atoms with Crippen LogP contribution in [0.1, 0.15) is 12.0 Å². The van der Waals surface area contributed by atoms with E-state index < -0.39 is 0 Å². The van der Waals surface area contributed by atoms with E-state index in [4.69, 9.17) is 10.1 Å². The van der Waals surface area contributed by atoms with Crippen molar-refractivity contribution in [3.05, 3.63) is 48.0 Å². The summed E-state index contributed by atoms with van der Waals surface area (Å²) in [6.07, 6.45) is 1.01. The number of benzene rings is 2. The van der Waals surface area contributed by atoms with Crippen molar-refractivity contribution in [2.45, 2.75) is 11.3 Å². The van der Waals surface area contributed by atoms with Crippen molar-refractivity contribution in [3.8, 4) is 16.9 Å². The molecular formula is C18H17N3OS. The van der Waals surface area contributed by atoms with E-state index in [-0.39, 0.29) is 0 Å². The minimum Gasteiger partial charge on any atom is -0.496 e. The van der Waals surface area contributed by atoms with Crippen molar-refractivity contribution in [2.75, 3.05) is 20.2 Å². The molecule has 0 bridgehead atoms. The molecule has 0 spiro atoms. The fraction of sp³-hybridized carbons (Fsp3) is 0.222. The number of fused-ring (bicyclic) bond motifs is 3. The lowest BCUT2D eigenvalue weighted by molar-refractivity contribution is 0.416. The molecule has 2 aliphatic rings. The van der Waals surface area contributed by atoms with Crippen LogP contribution in [0.5, 0.6) is 5.75 Å². The lowest BCUT2D eigenvalue weighted by atomic mass is 10.0. The van der Waals surface area contributed by atoms with Gasteiger partial charge in [0, 0.05) is 29.1 Å². The van der Waals surface area contributed by atoms with Crippen molar-refractivity contribution < 1.29 is 4.74 Å². The van der Waals surface area contributed by atoms with E-state index in [9.17, 15) is 0 Å². The van der Waals surface area contributed by atoms with Crippen molar-refractivity contribution >= 4 is 22.8 Å². The molecule has 0 amide bonds. The molecule has 2 aromatic rings. The monoisotopic (exact) mass is 323 g/mol. The zero-order valence-electron chi connectivity index (χ0n) is 12.9. The summed E-state index contributed by atoms with van der Waals surface area (Å²) in [6.45, 7) is 1.73. The molecule has 0 saturated heterocycles. The van der Waals surface area contributed by atoms with E-state index in [0.717, 1.165) is 52.7 Å². The Morgan fingerprint density at radius 2 is 2.04 bits per heavy atom. The molecule has 0 saturated carbocycles. The van der Waals surface area contributed by atoms with E-state index >= 15 is 0 Å². The summed E-state index contributed by atoms with van der Waals surface area (Å²) in [6, 6.07) is 14.4. The first-order valence-electron chi connectivity index (χ1n) is 7.64. The predicted octanol–water partition coefficient (Wildman–Crippen LogP) is 3.85. The van der Waals surface area contributed by atoms with Gasteiger partial charge >= 0.3 is 0 Å². The number of methoxy groups -OCH3 is 1. The van der Waals surface area contributed by atoms with E-state index in [1.165, 1.54) is 11.8 Å². The molecule has 5 heteroatoms. The van der Waals surface area contributed by atoms with E-state index in [2.05, 4.69) is 29.3 Å². The number of aliphatic imine (C=N–C) groups is 1. The fourth-order valence-electron chi connectivity index (χ4n) is 3.03. The molecule has 23 heavy (non-hydrogen) atoms. The number of ether oxygens (including phenoxy) is 1. The molecule has 0 aromatic heterocycles. The van der Waals surface area contributed by atoms with Gasteiger partial charge in [0.05, 0.1) is 7.11 Å². The molecule has 0 fully saturated rings. The van der Waals surface area contributed by atoms with Gasteiger partial charge in [-0.05, 0) is 30.2 Å². The number of hydrogen-bond donors (Lipinski definition) is 1. The van der Waals surface area contributed by atoms with E-state index in [1.54, 1.807) is 7.11 Å². The average molecular weight is 323 g/mol. The van der Waals surface area contributed by atoms with Crippen LogP contribution in [0.2, 0.25) is 0 Å². The number of rotatable bonds is 2. The average Bonchev–Trinajstić information content (AvgIpc) is 2.61. The largest absolute Gasteiger partial charge is 0.496 e. The maximum atomic E-state index is 8.28. The lowest BCUT2D eigenvalue weighted by Gasteiger charge is -2.34. The van der Waals surface area contributed by atoms with Crippen molar-refractivity contribution in [3.63, 3.8) is 0 Å². The minimum absolute atomic E-state index is 0.563. The number of amidine groups is 2. The molecule has 0 radical (unpaired) electrons. The van der Waals surface area contributed by atoms with Crippen LogP contribution in [0.15, 0.2) is 52.4 Å². The van der Waals surface area contributed by atoms with Crippen LogP contribution in [0.4, 0.5) is 0 Å². The summed E-state index contributed by atoms with van der Waals surface area (Å²) in [5.41, 5.74) is 3.30. The summed E-state index contributed by atoms with van der Waals surface area (Å²) in [5, 5.41) is 8.84. The minimum atomic E-state index is 0.563. The van der Waals surface area contributed by atoms with Gasteiger partial charge in [0.2, 0.25) is 0 Å². The van der Waals surface area contributed by atoms with E-state index in [1.807, 2.05) is 23.1 Å². The number of thioether (sulfide) groups is 1. The third kappa shape index (κ3) is 2.41. The Morgan fingerprint density at radius 3 is 2.91 bits per heavy atom. The van der Waals surface area contributed by atoms with Gasteiger partial charge in [-0.3, -0.25) is 10.4 Å².